The van der Waals surface area contributed by atoms with Crippen LogP contribution in [0.1, 0.15) is 17.2 Å². The molecule has 4 rings (SSSR count). The largest absolute Gasteiger partial charge is 0.454 e. The normalized spacial score (nSPS) is 22.2. The second kappa shape index (κ2) is 6.80. The number of nitrogens with one attached hydrogen (secondary N) is 3. The summed E-state index contributed by atoms with van der Waals surface area (Å²) in [7, 11) is 0. The van der Waals surface area contributed by atoms with E-state index >= 15 is 0 Å². The Morgan fingerprint density at radius 2 is 2.25 bits per heavy atom. The van der Waals surface area contributed by atoms with Gasteiger partial charge in [-0.2, -0.15) is 5.10 Å². The van der Waals surface area contributed by atoms with Crippen molar-refractivity contribution >= 4 is 0 Å². The zero-order valence-corrected chi connectivity index (χ0v) is 13.8. The minimum atomic E-state index is 0.263. The molecule has 7 heteroatoms. The van der Waals surface area contributed by atoms with Gasteiger partial charge in [0, 0.05) is 31.7 Å². The van der Waals surface area contributed by atoms with E-state index in [4.69, 9.17) is 9.47 Å². The molecule has 2 unspecified atom stereocenters. The van der Waals surface area contributed by atoms with Crippen molar-refractivity contribution in [2.45, 2.75) is 19.5 Å². The average Bonchev–Trinajstić information content (AvgIpc) is 3.31. The summed E-state index contributed by atoms with van der Waals surface area (Å²) in [6.45, 7) is 6.05. The summed E-state index contributed by atoms with van der Waals surface area (Å²) in [5.74, 6) is 2.14. The van der Waals surface area contributed by atoms with Gasteiger partial charge in [-0.3, -0.25) is 10.1 Å². The van der Waals surface area contributed by atoms with Gasteiger partial charge in [0.25, 0.3) is 0 Å². The Balaban J connectivity index is 1.31. The van der Waals surface area contributed by atoms with Crippen LogP contribution in [0.5, 0.6) is 11.5 Å². The number of fused-ring (bicyclic) bond motifs is 1. The van der Waals surface area contributed by atoms with E-state index in [1.807, 2.05) is 16.9 Å². The molecule has 0 amide bonds. The van der Waals surface area contributed by atoms with Crippen LogP contribution >= 0.6 is 0 Å². The summed E-state index contributed by atoms with van der Waals surface area (Å²) in [4.78, 5) is 0. The predicted molar refractivity (Wildman–Crippen MR) is 89.8 cm³/mol. The van der Waals surface area contributed by atoms with E-state index in [-0.39, 0.29) is 6.04 Å². The molecule has 0 spiro atoms. The molecular weight excluding hydrogens is 306 g/mol. The number of nitrogens with zero attached hydrogens (tertiary/aromatic N) is 2. The van der Waals surface area contributed by atoms with E-state index in [1.165, 1.54) is 11.1 Å². The second-order valence-corrected chi connectivity index (χ2v) is 6.36. The summed E-state index contributed by atoms with van der Waals surface area (Å²) in [5.41, 5.74) is 9.06. The fraction of sp³-hybridized carbons (Fsp3) is 0.471. The molecule has 2 atom stereocenters. The maximum atomic E-state index is 5.49. The highest BCUT2D eigenvalue weighted by atomic mass is 16.7. The molecule has 0 saturated carbocycles. The third-order valence-electron chi connectivity index (χ3n) is 4.54. The van der Waals surface area contributed by atoms with Crippen LogP contribution in [-0.2, 0) is 6.54 Å². The van der Waals surface area contributed by atoms with Gasteiger partial charge < -0.3 is 14.8 Å². The zero-order valence-electron chi connectivity index (χ0n) is 13.8. The number of benzene rings is 1. The van der Waals surface area contributed by atoms with Gasteiger partial charge in [0.05, 0.1) is 18.8 Å². The van der Waals surface area contributed by atoms with E-state index in [9.17, 15) is 0 Å². The third kappa shape index (κ3) is 3.24. The molecule has 1 aromatic heterocycles. The van der Waals surface area contributed by atoms with Crippen molar-refractivity contribution < 1.29 is 9.47 Å². The lowest BCUT2D eigenvalue weighted by molar-refractivity contribution is 0.174. The summed E-state index contributed by atoms with van der Waals surface area (Å²) >= 11 is 0. The molecule has 1 saturated heterocycles. The summed E-state index contributed by atoms with van der Waals surface area (Å²) in [6.07, 6.45) is 3.95. The van der Waals surface area contributed by atoms with Gasteiger partial charge in [-0.15, -0.1) is 0 Å². The van der Waals surface area contributed by atoms with Crippen LogP contribution in [0.25, 0.3) is 0 Å². The van der Waals surface area contributed by atoms with Crippen LogP contribution in [-0.4, -0.2) is 36.2 Å². The molecule has 2 aliphatic heterocycles. The van der Waals surface area contributed by atoms with E-state index in [1.54, 1.807) is 0 Å². The number of ether oxygens (including phenoxy) is 2. The summed E-state index contributed by atoms with van der Waals surface area (Å²) in [5, 5.41) is 7.85. The molecule has 1 fully saturated rings. The first-order chi connectivity index (χ1) is 11.8. The lowest BCUT2D eigenvalue weighted by atomic mass is 9.94. The van der Waals surface area contributed by atoms with Gasteiger partial charge in [0.2, 0.25) is 6.79 Å². The van der Waals surface area contributed by atoms with Crippen molar-refractivity contribution in [2.24, 2.45) is 5.92 Å². The maximum absolute atomic E-state index is 5.49. The summed E-state index contributed by atoms with van der Waals surface area (Å²) in [6, 6.07) is 6.44. The molecule has 7 nitrogen and oxygen atoms in total. The number of hydrogen-bond donors (Lipinski definition) is 3. The Morgan fingerprint density at radius 3 is 3.12 bits per heavy atom. The van der Waals surface area contributed by atoms with Crippen molar-refractivity contribution in [3.63, 3.8) is 0 Å². The van der Waals surface area contributed by atoms with Crippen LogP contribution in [0.4, 0.5) is 0 Å². The smallest absolute Gasteiger partial charge is 0.231 e. The van der Waals surface area contributed by atoms with Crippen LogP contribution in [0, 0.1) is 12.8 Å². The average molecular weight is 329 g/mol. The van der Waals surface area contributed by atoms with E-state index < -0.39 is 0 Å². The van der Waals surface area contributed by atoms with Crippen LogP contribution in [0.3, 0.4) is 0 Å². The van der Waals surface area contributed by atoms with Crippen molar-refractivity contribution in [3.05, 3.63) is 41.7 Å². The first kappa shape index (κ1) is 15.4. The molecule has 3 heterocycles. The van der Waals surface area contributed by atoms with Crippen LogP contribution < -0.4 is 25.6 Å². The van der Waals surface area contributed by atoms with Gasteiger partial charge in [0.15, 0.2) is 11.5 Å². The quantitative estimate of drug-likeness (QED) is 0.686. The zero-order chi connectivity index (χ0) is 16.4. The van der Waals surface area contributed by atoms with Crippen molar-refractivity contribution in [1.82, 2.24) is 25.9 Å². The second-order valence-electron chi connectivity index (χ2n) is 6.36. The van der Waals surface area contributed by atoms with Gasteiger partial charge in [-0.05, 0) is 30.2 Å². The number of aromatic nitrogens is 2. The molecule has 2 aromatic rings. The van der Waals surface area contributed by atoms with E-state index in [0.29, 0.717) is 12.7 Å². The minimum absolute atomic E-state index is 0.263. The molecule has 1 aromatic carbocycles. The number of rotatable bonds is 6. The van der Waals surface area contributed by atoms with Gasteiger partial charge >= 0.3 is 0 Å². The fourth-order valence-electron chi connectivity index (χ4n) is 3.26. The van der Waals surface area contributed by atoms with Crippen LogP contribution in [0.15, 0.2) is 30.6 Å². The Kier molecular flexibility index (Phi) is 4.38. The highest BCUT2D eigenvalue weighted by Gasteiger charge is 2.29. The van der Waals surface area contributed by atoms with Crippen LogP contribution in [0.2, 0.25) is 0 Å². The molecule has 0 radical (unpaired) electrons. The Morgan fingerprint density at radius 1 is 1.33 bits per heavy atom. The molecule has 128 valence electrons. The van der Waals surface area contributed by atoms with Crippen molar-refractivity contribution in [3.8, 4) is 11.5 Å². The molecule has 2 aliphatic rings. The number of hydrazine groups is 1. The van der Waals surface area contributed by atoms with Gasteiger partial charge in [0.1, 0.15) is 0 Å². The minimum Gasteiger partial charge on any atom is -0.454 e. The molecule has 3 N–H and O–H groups in total. The Hall–Kier alpha value is -2.09. The molecule has 24 heavy (non-hydrogen) atoms. The monoisotopic (exact) mass is 329 g/mol. The first-order valence-electron chi connectivity index (χ1n) is 8.37. The lowest BCUT2D eigenvalue weighted by Crippen LogP contribution is -2.30. The van der Waals surface area contributed by atoms with Gasteiger partial charge in [-0.25, -0.2) is 5.43 Å². The predicted octanol–water partition coefficient (Wildman–Crippen LogP) is 0.975. The third-order valence-corrected chi connectivity index (χ3v) is 4.54. The fourth-order valence-corrected chi connectivity index (χ4v) is 3.26. The molecule has 0 aliphatic carbocycles. The molecule has 0 bridgehead atoms. The first-order valence-corrected chi connectivity index (χ1v) is 8.37. The maximum Gasteiger partial charge on any atom is 0.231 e. The van der Waals surface area contributed by atoms with Crippen molar-refractivity contribution in [2.75, 3.05) is 26.4 Å². The lowest BCUT2D eigenvalue weighted by Gasteiger charge is -2.19. The van der Waals surface area contributed by atoms with E-state index in [0.717, 1.165) is 37.7 Å². The Bertz CT molecular complexity index is 702. The topological polar surface area (TPSA) is 72.4 Å². The SMILES string of the molecule is Cc1cnn(CCNCC2CNNC2c2ccc3c(c2)OCO3)c1. The highest BCUT2D eigenvalue weighted by molar-refractivity contribution is 5.45. The molecular formula is C17H23N5O2. The highest BCUT2D eigenvalue weighted by Crippen LogP contribution is 2.36. The number of hydrogen-bond acceptors (Lipinski definition) is 6. The van der Waals surface area contributed by atoms with E-state index in [2.05, 4.69) is 46.5 Å². The number of aryl methyl sites for hydroxylation is 1. The standard InChI is InChI=1S/C17H23N5O2/c1-12-7-20-22(10-12)5-4-18-8-14-9-19-21-17(14)13-2-3-15-16(6-13)24-11-23-15/h2-3,6-7,10,14,17-19,21H,4-5,8-9,11H2,1H3. The summed E-state index contributed by atoms with van der Waals surface area (Å²) < 4.78 is 12.8. The Labute approximate surface area is 141 Å². The van der Waals surface area contributed by atoms with Gasteiger partial charge in [-0.1, -0.05) is 6.07 Å². The van der Waals surface area contributed by atoms with Crippen molar-refractivity contribution in [1.29, 1.82) is 0 Å².